The van der Waals surface area contributed by atoms with Crippen LogP contribution >= 0.6 is 27.3 Å². The number of nitrogens with two attached hydrogens (primary N) is 1. The van der Waals surface area contributed by atoms with Crippen LogP contribution in [0.5, 0.6) is 0 Å². The summed E-state index contributed by atoms with van der Waals surface area (Å²) < 4.78 is 28.1. The van der Waals surface area contributed by atoms with Crippen molar-refractivity contribution in [3.8, 4) is 0 Å². The number of halogens is 1. The van der Waals surface area contributed by atoms with Gasteiger partial charge in [0.05, 0.1) is 0 Å². The first kappa shape index (κ1) is 13.5. The highest BCUT2D eigenvalue weighted by Gasteiger charge is 2.31. The molecule has 1 heterocycles. The number of nitrogens with one attached hydrogen (secondary N) is 1. The van der Waals surface area contributed by atoms with Gasteiger partial charge in [-0.25, -0.2) is 13.1 Å². The van der Waals surface area contributed by atoms with Gasteiger partial charge in [0, 0.05) is 10.5 Å². The van der Waals surface area contributed by atoms with Crippen LogP contribution in [0.1, 0.15) is 19.3 Å². The third-order valence-electron chi connectivity index (χ3n) is 3.10. The molecule has 0 radical (unpaired) electrons. The van der Waals surface area contributed by atoms with Gasteiger partial charge in [0.25, 0.3) is 10.0 Å². The maximum absolute atomic E-state index is 12.2. The summed E-state index contributed by atoms with van der Waals surface area (Å²) in [5, 5.41) is 1.76. The van der Waals surface area contributed by atoms with E-state index in [2.05, 4.69) is 20.7 Å². The minimum Gasteiger partial charge on any atom is -0.330 e. The van der Waals surface area contributed by atoms with Crippen molar-refractivity contribution >= 4 is 37.3 Å². The van der Waals surface area contributed by atoms with E-state index >= 15 is 0 Å². The van der Waals surface area contributed by atoms with Crippen molar-refractivity contribution in [2.24, 2.45) is 11.7 Å². The van der Waals surface area contributed by atoms with E-state index in [0.717, 1.165) is 19.3 Å². The molecule has 1 aliphatic carbocycles. The monoisotopic (exact) mass is 338 g/mol. The van der Waals surface area contributed by atoms with Crippen LogP contribution in [0.25, 0.3) is 0 Å². The lowest BCUT2D eigenvalue weighted by Gasteiger charge is -2.18. The zero-order chi connectivity index (χ0) is 12.5. The van der Waals surface area contributed by atoms with Gasteiger partial charge < -0.3 is 5.73 Å². The Morgan fingerprint density at radius 1 is 1.53 bits per heavy atom. The van der Waals surface area contributed by atoms with Crippen molar-refractivity contribution in [3.05, 3.63) is 15.9 Å². The third kappa shape index (κ3) is 2.90. The molecule has 0 saturated heterocycles. The largest absolute Gasteiger partial charge is 0.330 e. The average Bonchev–Trinajstić information content (AvgIpc) is 2.86. The van der Waals surface area contributed by atoms with E-state index in [1.807, 2.05) is 0 Å². The van der Waals surface area contributed by atoms with Gasteiger partial charge in [-0.2, -0.15) is 0 Å². The predicted octanol–water partition coefficient (Wildman–Crippen LogP) is 1.92. The fourth-order valence-electron chi connectivity index (χ4n) is 2.20. The molecule has 2 rings (SSSR count). The Labute approximate surface area is 114 Å². The Hall–Kier alpha value is 0.0500. The molecule has 3 N–H and O–H groups in total. The van der Waals surface area contributed by atoms with Gasteiger partial charge >= 0.3 is 0 Å². The maximum Gasteiger partial charge on any atom is 0.251 e. The minimum atomic E-state index is -3.41. The number of rotatable bonds is 4. The van der Waals surface area contributed by atoms with Crippen molar-refractivity contribution < 1.29 is 8.42 Å². The lowest BCUT2D eigenvalue weighted by atomic mass is 10.1. The first-order valence-corrected chi connectivity index (χ1v) is 8.65. The van der Waals surface area contributed by atoms with Gasteiger partial charge in [-0.3, -0.25) is 0 Å². The maximum atomic E-state index is 12.2. The Kier molecular flexibility index (Phi) is 4.25. The number of hydrogen-bond donors (Lipinski definition) is 2. The number of thiophene rings is 1. The third-order valence-corrected chi connectivity index (χ3v) is 7.26. The standard InChI is InChI=1S/C10H15BrN2O2S2/c11-8-4-5-16-10(8)17(14,15)13-9-3-1-2-7(9)6-12/h4-5,7,9,13H,1-3,6,12H2. The van der Waals surface area contributed by atoms with Crippen molar-refractivity contribution in [2.45, 2.75) is 29.5 Å². The lowest BCUT2D eigenvalue weighted by molar-refractivity contribution is 0.453. The summed E-state index contributed by atoms with van der Waals surface area (Å²) in [6.07, 6.45) is 2.93. The summed E-state index contributed by atoms with van der Waals surface area (Å²) in [5.41, 5.74) is 5.65. The second-order valence-electron chi connectivity index (χ2n) is 4.21. The van der Waals surface area contributed by atoms with Gasteiger partial charge in [-0.1, -0.05) is 6.42 Å². The molecular formula is C10H15BrN2O2S2. The Morgan fingerprint density at radius 3 is 2.88 bits per heavy atom. The molecule has 0 bridgehead atoms. The fourth-order valence-corrected chi connectivity index (χ4v) is 5.89. The highest BCUT2D eigenvalue weighted by Crippen LogP contribution is 2.30. The van der Waals surface area contributed by atoms with Crippen LogP contribution in [0.2, 0.25) is 0 Å². The van der Waals surface area contributed by atoms with Crippen LogP contribution in [-0.2, 0) is 10.0 Å². The SMILES string of the molecule is NCC1CCCC1NS(=O)(=O)c1sccc1Br. The van der Waals surface area contributed by atoms with Crippen LogP contribution in [0.4, 0.5) is 0 Å². The molecule has 0 amide bonds. The smallest absolute Gasteiger partial charge is 0.251 e. The summed E-state index contributed by atoms with van der Waals surface area (Å²) in [6, 6.07) is 1.73. The summed E-state index contributed by atoms with van der Waals surface area (Å²) >= 11 is 4.47. The van der Waals surface area contributed by atoms with Crippen LogP contribution < -0.4 is 10.5 Å². The molecule has 1 aliphatic rings. The van der Waals surface area contributed by atoms with Gasteiger partial charge in [0.1, 0.15) is 4.21 Å². The second kappa shape index (κ2) is 5.36. The van der Waals surface area contributed by atoms with Crippen molar-refractivity contribution in [3.63, 3.8) is 0 Å². The molecule has 2 unspecified atom stereocenters. The molecular weight excluding hydrogens is 324 g/mol. The molecule has 0 aromatic carbocycles. The fraction of sp³-hybridized carbons (Fsp3) is 0.600. The minimum absolute atomic E-state index is 0.0148. The zero-order valence-electron chi connectivity index (χ0n) is 9.23. The second-order valence-corrected chi connectivity index (χ2v) is 7.89. The Bertz CT molecular complexity index is 486. The normalized spacial score (nSPS) is 25.3. The molecule has 0 spiro atoms. The predicted molar refractivity (Wildman–Crippen MR) is 72.5 cm³/mol. The Morgan fingerprint density at radius 2 is 2.29 bits per heavy atom. The average molecular weight is 339 g/mol. The first-order chi connectivity index (χ1) is 8.04. The molecule has 96 valence electrons. The molecule has 1 aromatic heterocycles. The molecule has 4 nitrogen and oxygen atoms in total. The van der Waals surface area contributed by atoms with E-state index in [1.54, 1.807) is 11.4 Å². The van der Waals surface area contributed by atoms with Gasteiger partial charge in [-0.05, 0) is 52.7 Å². The summed E-state index contributed by atoms with van der Waals surface area (Å²) in [4.78, 5) is 0. The molecule has 1 fully saturated rings. The van der Waals surface area contributed by atoms with Crippen LogP contribution in [0.3, 0.4) is 0 Å². The molecule has 0 aliphatic heterocycles. The first-order valence-electron chi connectivity index (χ1n) is 5.50. The van der Waals surface area contributed by atoms with Crippen LogP contribution in [0, 0.1) is 5.92 Å². The molecule has 1 saturated carbocycles. The van der Waals surface area contributed by atoms with Crippen LogP contribution in [-0.4, -0.2) is 21.0 Å². The van der Waals surface area contributed by atoms with E-state index in [1.165, 1.54) is 11.3 Å². The topological polar surface area (TPSA) is 72.2 Å². The number of hydrogen-bond acceptors (Lipinski definition) is 4. The van der Waals surface area contributed by atoms with Gasteiger partial charge in [-0.15, -0.1) is 11.3 Å². The van der Waals surface area contributed by atoms with E-state index in [0.29, 0.717) is 15.2 Å². The molecule has 1 aromatic rings. The van der Waals surface area contributed by atoms with E-state index < -0.39 is 10.0 Å². The van der Waals surface area contributed by atoms with E-state index in [-0.39, 0.29) is 12.0 Å². The summed E-state index contributed by atoms with van der Waals surface area (Å²) in [5.74, 6) is 0.267. The van der Waals surface area contributed by atoms with Gasteiger partial charge in [0.15, 0.2) is 0 Å². The van der Waals surface area contributed by atoms with Crippen LogP contribution in [0.15, 0.2) is 20.1 Å². The zero-order valence-corrected chi connectivity index (χ0v) is 12.4. The highest BCUT2D eigenvalue weighted by molar-refractivity contribution is 9.10. The van der Waals surface area contributed by atoms with Gasteiger partial charge in [0.2, 0.25) is 0 Å². The molecule has 2 atom stereocenters. The summed E-state index contributed by atoms with van der Waals surface area (Å²) in [7, 11) is -3.41. The summed E-state index contributed by atoms with van der Waals surface area (Å²) in [6.45, 7) is 0.540. The van der Waals surface area contributed by atoms with Crippen molar-refractivity contribution in [1.29, 1.82) is 0 Å². The molecule has 7 heteroatoms. The van der Waals surface area contributed by atoms with E-state index in [9.17, 15) is 8.42 Å². The lowest BCUT2D eigenvalue weighted by Crippen LogP contribution is -2.39. The highest BCUT2D eigenvalue weighted by atomic mass is 79.9. The Balaban J connectivity index is 2.16. The number of sulfonamides is 1. The van der Waals surface area contributed by atoms with Crippen molar-refractivity contribution in [2.75, 3.05) is 6.54 Å². The quantitative estimate of drug-likeness (QED) is 0.880. The van der Waals surface area contributed by atoms with E-state index in [4.69, 9.17) is 5.73 Å². The van der Waals surface area contributed by atoms with Crippen molar-refractivity contribution in [1.82, 2.24) is 4.72 Å². The molecule has 17 heavy (non-hydrogen) atoms.